The smallest absolute Gasteiger partial charge is 0.220 e. The molecule has 0 radical (unpaired) electrons. The van der Waals surface area contributed by atoms with Crippen LogP contribution in [0.15, 0.2) is 89.6 Å². The molecule has 4 aromatic rings. The fourth-order valence-corrected chi connectivity index (χ4v) is 3.15. The number of carbonyl (C=O) groups is 1. The Balaban J connectivity index is 1.21. The molecule has 0 fully saturated rings. The first kappa shape index (κ1) is 18.7. The van der Waals surface area contributed by atoms with Gasteiger partial charge in [-0.2, -0.15) is 5.10 Å². The normalized spacial score (nSPS) is 10.8. The van der Waals surface area contributed by atoms with E-state index in [1.165, 1.54) is 0 Å². The average Bonchev–Trinajstić information content (AvgIpc) is 3.44. The molecule has 1 N–H and O–H groups in total. The number of aromatic nitrogens is 2. The summed E-state index contributed by atoms with van der Waals surface area (Å²) in [6, 6.07) is 23.8. The Morgan fingerprint density at radius 2 is 1.69 bits per heavy atom. The first-order chi connectivity index (χ1) is 14.3. The maximum atomic E-state index is 12.1. The van der Waals surface area contributed by atoms with Gasteiger partial charge in [0.2, 0.25) is 5.91 Å². The maximum Gasteiger partial charge on any atom is 0.220 e. The van der Waals surface area contributed by atoms with Crippen LogP contribution in [0.2, 0.25) is 0 Å². The summed E-state index contributed by atoms with van der Waals surface area (Å²) in [5, 5.41) is 7.35. The van der Waals surface area contributed by atoms with E-state index in [0.29, 0.717) is 19.4 Å². The zero-order chi connectivity index (χ0) is 19.9. The number of hydrogen-bond donors (Lipinski definition) is 1. The van der Waals surface area contributed by atoms with Crippen LogP contribution in [0.4, 0.5) is 0 Å². The van der Waals surface area contributed by atoms with E-state index in [4.69, 9.17) is 4.42 Å². The SMILES string of the molecule is O=C(CCc1ccc(-c2ccccc2)o1)NCCc1cnn(-c2ccccc2)c1. The lowest BCUT2D eigenvalue weighted by Crippen LogP contribution is -2.25. The summed E-state index contributed by atoms with van der Waals surface area (Å²) in [5.41, 5.74) is 3.16. The number of carbonyl (C=O) groups excluding carboxylic acids is 1. The molecule has 0 unspecified atom stereocenters. The van der Waals surface area contributed by atoms with Crippen molar-refractivity contribution in [3.63, 3.8) is 0 Å². The van der Waals surface area contributed by atoms with E-state index in [1.807, 2.05) is 89.9 Å². The van der Waals surface area contributed by atoms with E-state index in [-0.39, 0.29) is 5.91 Å². The fraction of sp³-hybridized carbons (Fsp3) is 0.167. The van der Waals surface area contributed by atoms with Gasteiger partial charge in [0, 0.05) is 31.1 Å². The zero-order valence-electron chi connectivity index (χ0n) is 16.1. The number of rotatable bonds is 8. The minimum Gasteiger partial charge on any atom is -0.461 e. The standard InChI is InChI=1S/C24H23N3O2/c28-24(14-12-22-11-13-23(29-22)20-7-3-1-4-8-20)25-16-15-19-17-26-27(18-19)21-9-5-2-6-10-21/h1-11,13,17-18H,12,14-16H2,(H,25,28). The zero-order valence-corrected chi connectivity index (χ0v) is 16.1. The first-order valence-electron chi connectivity index (χ1n) is 9.78. The monoisotopic (exact) mass is 385 g/mol. The molecule has 29 heavy (non-hydrogen) atoms. The van der Waals surface area contributed by atoms with Crippen LogP contribution in [0, 0.1) is 0 Å². The van der Waals surface area contributed by atoms with Crippen molar-refractivity contribution in [1.29, 1.82) is 0 Å². The van der Waals surface area contributed by atoms with Crippen molar-refractivity contribution in [2.24, 2.45) is 0 Å². The largest absolute Gasteiger partial charge is 0.461 e. The van der Waals surface area contributed by atoms with Gasteiger partial charge < -0.3 is 9.73 Å². The summed E-state index contributed by atoms with van der Waals surface area (Å²) in [6.07, 6.45) is 5.58. The highest BCUT2D eigenvalue weighted by molar-refractivity contribution is 5.76. The molecular weight excluding hydrogens is 362 g/mol. The Labute approximate surface area is 170 Å². The minimum atomic E-state index is 0.0260. The van der Waals surface area contributed by atoms with Crippen molar-refractivity contribution in [3.05, 3.63) is 96.5 Å². The number of aryl methyl sites for hydroxylation is 1. The van der Waals surface area contributed by atoms with E-state index in [1.54, 1.807) is 0 Å². The average molecular weight is 385 g/mol. The number of furan rings is 1. The summed E-state index contributed by atoms with van der Waals surface area (Å²) >= 11 is 0. The molecule has 0 aliphatic heterocycles. The van der Waals surface area contributed by atoms with Gasteiger partial charge in [-0.05, 0) is 36.2 Å². The van der Waals surface area contributed by atoms with Crippen molar-refractivity contribution in [3.8, 4) is 17.0 Å². The molecule has 0 saturated carbocycles. The van der Waals surface area contributed by atoms with Gasteiger partial charge in [-0.25, -0.2) is 4.68 Å². The topological polar surface area (TPSA) is 60.1 Å². The van der Waals surface area contributed by atoms with Crippen molar-refractivity contribution < 1.29 is 9.21 Å². The van der Waals surface area contributed by atoms with Gasteiger partial charge in [0.25, 0.3) is 0 Å². The molecule has 0 atom stereocenters. The van der Waals surface area contributed by atoms with Crippen LogP contribution in [-0.2, 0) is 17.6 Å². The number of amides is 1. The Kier molecular flexibility index (Phi) is 5.86. The highest BCUT2D eigenvalue weighted by Gasteiger charge is 2.08. The first-order valence-corrected chi connectivity index (χ1v) is 9.78. The van der Waals surface area contributed by atoms with Gasteiger partial charge in [-0.1, -0.05) is 48.5 Å². The number of benzene rings is 2. The quantitative estimate of drug-likeness (QED) is 0.488. The molecule has 1 amide bonds. The van der Waals surface area contributed by atoms with Crippen LogP contribution in [0.5, 0.6) is 0 Å². The van der Waals surface area contributed by atoms with Crippen molar-refractivity contribution in [1.82, 2.24) is 15.1 Å². The number of nitrogens with one attached hydrogen (secondary N) is 1. The van der Waals surface area contributed by atoms with Crippen LogP contribution in [0.1, 0.15) is 17.7 Å². The van der Waals surface area contributed by atoms with Crippen molar-refractivity contribution in [2.75, 3.05) is 6.54 Å². The summed E-state index contributed by atoms with van der Waals surface area (Å²) in [7, 11) is 0. The lowest BCUT2D eigenvalue weighted by molar-refractivity contribution is -0.121. The molecule has 2 aromatic heterocycles. The van der Waals surface area contributed by atoms with Crippen LogP contribution >= 0.6 is 0 Å². The van der Waals surface area contributed by atoms with E-state index < -0.39 is 0 Å². The molecule has 5 heteroatoms. The van der Waals surface area contributed by atoms with E-state index in [2.05, 4.69) is 10.4 Å². The van der Waals surface area contributed by atoms with E-state index in [9.17, 15) is 4.79 Å². The Morgan fingerprint density at radius 3 is 2.48 bits per heavy atom. The van der Waals surface area contributed by atoms with Gasteiger partial charge in [0.05, 0.1) is 11.9 Å². The highest BCUT2D eigenvalue weighted by Crippen LogP contribution is 2.22. The third-order valence-corrected chi connectivity index (χ3v) is 4.71. The van der Waals surface area contributed by atoms with Gasteiger partial charge in [-0.15, -0.1) is 0 Å². The molecule has 0 bridgehead atoms. The van der Waals surface area contributed by atoms with Gasteiger partial charge in [0.1, 0.15) is 11.5 Å². The molecule has 4 rings (SSSR count). The van der Waals surface area contributed by atoms with Crippen LogP contribution in [0.3, 0.4) is 0 Å². The lowest BCUT2D eigenvalue weighted by Gasteiger charge is -2.03. The Bertz CT molecular complexity index is 1050. The number of hydrogen-bond acceptors (Lipinski definition) is 3. The maximum absolute atomic E-state index is 12.1. The highest BCUT2D eigenvalue weighted by atomic mass is 16.3. The molecule has 2 heterocycles. The molecular formula is C24H23N3O2. The summed E-state index contributed by atoms with van der Waals surface area (Å²) in [6.45, 7) is 0.590. The van der Waals surface area contributed by atoms with Crippen LogP contribution < -0.4 is 5.32 Å². The predicted octanol–water partition coefficient (Wildman–Crippen LogP) is 4.42. The summed E-state index contributed by atoms with van der Waals surface area (Å²) < 4.78 is 7.69. The summed E-state index contributed by atoms with van der Waals surface area (Å²) in [5.74, 6) is 1.68. The second kappa shape index (κ2) is 9.06. The van der Waals surface area contributed by atoms with Gasteiger partial charge in [-0.3, -0.25) is 4.79 Å². The van der Waals surface area contributed by atoms with Gasteiger partial charge >= 0.3 is 0 Å². The third-order valence-electron chi connectivity index (χ3n) is 4.71. The molecule has 146 valence electrons. The fourth-order valence-electron chi connectivity index (χ4n) is 3.15. The second-order valence-electron chi connectivity index (χ2n) is 6.86. The molecule has 0 aliphatic carbocycles. The van der Waals surface area contributed by atoms with Gasteiger partial charge in [0.15, 0.2) is 0 Å². The second-order valence-corrected chi connectivity index (χ2v) is 6.86. The lowest BCUT2D eigenvalue weighted by atomic mass is 10.2. The Morgan fingerprint density at radius 1 is 0.931 bits per heavy atom. The molecule has 5 nitrogen and oxygen atoms in total. The number of nitrogens with zero attached hydrogens (tertiary/aromatic N) is 2. The molecule has 0 aliphatic rings. The molecule has 2 aromatic carbocycles. The van der Waals surface area contributed by atoms with Crippen LogP contribution in [0.25, 0.3) is 17.0 Å². The third kappa shape index (κ3) is 5.02. The Hall–Kier alpha value is -3.60. The van der Waals surface area contributed by atoms with E-state index in [0.717, 1.165) is 34.8 Å². The minimum absolute atomic E-state index is 0.0260. The van der Waals surface area contributed by atoms with Crippen molar-refractivity contribution >= 4 is 5.91 Å². The van der Waals surface area contributed by atoms with Crippen molar-refractivity contribution in [2.45, 2.75) is 19.3 Å². The van der Waals surface area contributed by atoms with Crippen LogP contribution in [-0.4, -0.2) is 22.2 Å². The molecule has 0 spiro atoms. The number of para-hydroxylation sites is 1. The summed E-state index contributed by atoms with van der Waals surface area (Å²) in [4.78, 5) is 12.1. The van der Waals surface area contributed by atoms with E-state index >= 15 is 0 Å². The predicted molar refractivity (Wildman–Crippen MR) is 113 cm³/mol. The molecule has 0 saturated heterocycles.